The van der Waals surface area contributed by atoms with Crippen LogP contribution >= 0.6 is 27.3 Å². The van der Waals surface area contributed by atoms with E-state index in [1.807, 2.05) is 37.3 Å². The highest BCUT2D eigenvalue weighted by Crippen LogP contribution is 2.25. The van der Waals surface area contributed by atoms with Gasteiger partial charge in [0, 0.05) is 17.9 Å². The predicted molar refractivity (Wildman–Crippen MR) is 135 cm³/mol. The summed E-state index contributed by atoms with van der Waals surface area (Å²) in [5.41, 5.74) is 5.75. The molecule has 8 nitrogen and oxygen atoms in total. The number of carbonyl (C=O) groups is 3. The molecule has 10 heteroatoms. The molecule has 0 atom stereocenters. The van der Waals surface area contributed by atoms with Crippen molar-refractivity contribution in [1.29, 1.82) is 0 Å². The molecule has 34 heavy (non-hydrogen) atoms. The Morgan fingerprint density at radius 3 is 2.62 bits per heavy atom. The zero-order valence-electron chi connectivity index (χ0n) is 18.4. The Morgan fingerprint density at radius 2 is 1.94 bits per heavy atom. The molecule has 2 N–H and O–H groups in total. The Balaban J connectivity index is 1.50. The first kappa shape index (κ1) is 23.9. The number of aryl methyl sites for hydroxylation is 1. The molecule has 1 saturated heterocycles. The number of nitrogens with zero attached hydrogens (tertiary/aromatic N) is 2. The van der Waals surface area contributed by atoms with Gasteiger partial charge in [0.2, 0.25) is 0 Å². The van der Waals surface area contributed by atoms with Gasteiger partial charge in [-0.3, -0.25) is 15.0 Å². The maximum absolute atomic E-state index is 13.2. The minimum absolute atomic E-state index is 0.0624. The molecule has 1 fully saturated rings. The van der Waals surface area contributed by atoms with E-state index < -0.39 is 6.03 Å². The van der Waals surface area contributed by atoms with Crippen molar-refractivity contribution < 1.29 is 19.1 Å². The SMILES string of the molecule is Cc1cc(NC(=O)N(Cc2ccccc2)NC(=O)c2ccc(Br)s2)ccc1N1CCOCC1=O. The third-order valence-corrected chi connectivity index (χ3v) is 6.81. The van der Waals surface area contributed by atoms with Crippen molar-refractivity contribution in [2.24, 2.45) is 0 Å². The number of hydrazine groups is 1. The van der Waals surface area contributed by atoms with Gasteiger partial charge in [0.25, 0.3) is 11.8 Å². The summed E-state index contributed by atoms with van der Waals surface area (Å²) in [5, 5.41) is 4.09. The number of thiophene rings is 1. The Labute approximate surface area is 209 Å². The van der Waals surface area contributed by atoms with Gasteiger partial charge >= 0.3 is 6.03 Å². The number of carbonyl (C=O) groups excluding carboxylic acids is 3. The van der Waals surface area contributed by atoms with Gasteiger partial charge in [-0.2, -0.15) is 0 Å². The first-order valence-electron chi connectivity index (χ1n) is 10.6. The fourth-order valence-corrected chi connectivity index (χ4v) is 4.82. The molecule has 4 amide bonds. The molecular formula is C24H23BrN4O4S. The van der Waals surface area contributed by atoms with E-state index in [0.717, 1.165) is 20.6 Å². The second-order valence-corrected chi connectivity index (χ2v) is 10.1. The highest BCUT2D eigenvalue weighted by Gasteiger charge is 2.23. The number of hydrogen-bond donors (Lipinski definition) is 2. The Bertz CT molecular complexity index is 1200. The summed E-state index contributed by atoms with van der Waals surface area (Å²) in [7, 11) is 0. The van der Waals surface area contributed by atoms with Gasteiger partial charge in [0.1, 0.15) is 6.61 Å². The molecule has 0 radical (unpaired) electrons. The monoisotopic (exact) mass is 542 g/mol. The van der Waals surface area contributed by atoms with Crippen LogP contribution in [0.3, 0.4) is 0 Å². The van der Waals surface area contributed by atoms with Crippen molar-refractivity contribution in [1.82, 2.24) is 10.4 Å². The summed E-state index contributed by atoms with van der Waals surface area (Å²) < 4.78 is 6.02. The van der Waals surface area contributed by atoms with Crippen molar-refractivity contribution in [3.05, 3.63) is 80.5 Å². The van der Waals surface area contributed by atoms with Crippen LogP contribution in [0.4, 0.5) is 16.2 Å². The van der Waals surface area contributed by atoms with E-state index >= 15 is 0 Å². The lowest BCUT2D eigenvalue weighted by molar-refractivity contribution is -0.125. The van der Waals surface area contributed by atoms with Gasteiger partial charge in [0.15, 0.2) is 0 Å². The predicted octanol–water partition coefficient (Wildman–Crippen LogP) is 4.56. The molecule has 0 aliphatic carbocycles. The largest absolute Gasteiger partial charge is 0.370 e. The van der Waals surface area contributed by atoms with Crippen LogP contribution in [0.15, 0.2) is 64.5 Å². The molecule has 1 aliphatic rings. The molecular weight excluding hydrogens is 520 g/mol. The number of anilines is 2. The van der Waals surface area contributed by atoms with Crippen molar-refractivity contribution in [2.75, 3.05) is 30.0 Å². The van der Waals surface area contributed by atoms with Gasteiger partial charge in [-0.1, -0.05) is 30.3 Å². The van der Waals surface area contributed by atoms with Crippen molar-refractivity contribution in [2.45, 2.75) is 13.5 Å². The summed E-state index contributed by atoms with van der Waals surface area (Å²) in [5.74, 6) is -0.470. The van der Waals surface area contributed by atoms with E-state index in [-0.39, 0.29) is 25.0 Å². The molecule has 176 valence electrons. The summed E-state index contributed by atoms with van der Waals surface area (Å²) in [6, 6.07) is 17.7. The number of ether oxygens (including phenoxy) is 1. The van der Waals surface area contributed by atoms with Gasteiger partial charge in [0.05, 0.1) is 21.8 Å². The fourth-order valence-electron chi connectivity index (χ4n) is 3.54. The molecule has 1 aliphatic heterocycles. The topological polar surface area (TPSA) is 91.0 Å². The zero-order valence-corrected chi connectivity index (χ0v) is 20.8. The van der Waals surface area contributed by atoms with Gasteiger partial charge in [-0.15, -0.1) is 11.3 Å². The number of halogens is 1. The zero-order chi connectivity index (χ0) is 24.1. The van der Waals surface area contributed by atoms with Crippen LogP contribution in [0, 0.1) is 6.92 Å². The van der Waals surface area contributed by atoms with E-state index in [1.54, 1.807) is 35.2 Å². The van der Waals surface area contributed by atoms with Gasteiger partial charge in [-0.05, 0) is 64.3 Å². The number of hydrogen-bond acceptors (Lipinski definition) is 5. The molecule has 0 spiro atoms. The number of morpholine rings is 1. The Morgan fingerprint density at radius 1 is 1.15 bits per heavy atom. The van der Waals surface area contributed by atoms with E-state index in [0.29, 0.717) is 23.7 Å². The Hall–Kier alpha value is -3.21. The third-order valence-electron chi connectivity index (χ3n) is 5.19. The first-order chi connectivity index (χ1) is 16.4. The van der Waals surface area contributed by atoms with Crippen LogP contribution in [0.25, 0.3) is 0 Å². The van der Waals surface area contributed by atoms with Crippen LogP contribution in [0.2, 0.25) is 0 Å². The molecule has 0 unspecified atom stereocenters. The summed E-state index contributed by atoms with van der Waals surface area (Å²) >= 11 is 4.63. The average Bonchev–Trinajstić information content (AvgIpc) is 3.26. The van der Waals surface area contributed by atoms with Gasteiger partial charge in [-0.25, -0.2) is 9.80 Å². The second kappa shape index (κ2) is 10.8. The van der Waals surface area contributed by atoms with Crippen LogP contribution in [0.5, 0.6) is 0 Å². The van der Waals surface area contributed by atoms with Crippen molar-refractivity contribution in [3.8, 4) is 0 Å². The number of nitrogens with one attached hydrogen (secondary N) is 2. The third kappa shape index (κ3) is 5.82. The maximum Gasteiger partial charge on any atom is 0.340 e. The maximum atomic E-state index is 13.2. The molecule has 2 heterocycles. The minimum Gasteiger partial charge on any atom is -0.370 e. The molecule has 0 bridgehead atoms. The fraction of sp³-hybridized carbons (Fsp3) is 0.208. The van der Waals surface area contributed by atoms with E-state index in [1.165, 1.54) is 16.3 Å². The molecule has 1 aromatic heterocycles. The van der Waals surface area contributed by atoms with Crippen LogP contribution < -0.4 is 15.6 Å². The summed E-state index contributed by atoms with van der Waals surface area (Å²) in [6.07, 6.45) is 0. The van der Waals surface area contributed by atoms with Crippen LogP contribution in [0.1, 0.15) is 20.8 Å². The summed E-state index contributed by atoms with van der Waals surface area (Å²) in [6.45, 7) is 3.10. The first-order valence-corrected chi connectivity index (χ1v) is 12.2. The smallest absolute Gasteiger partial charge is 0.340 e. The van der Waals surface area contributed by atoms with E-state index in [9.17, 15) is 14.4 Å². The molecule has 3 aromatic rings. The van der Waals surface area contributed by atoms with Crippen LogP contribution in [-0.2, 0) is 16.1 Å². The highest BCUT2D eigenvalue weighted by molar-refractivity contribution is 9.11. The minimum atomic E-state index is -0.484. The molecule has 4 rings (SSSR count). The average molecular weight is 543 g/mol. The van der Waals surface area contributed by atoms with Crippen molar-refractivity contribution >= 4 is 56.5 Å². The number of amides is 4. The number of rotatable bonds is 5. The molecule has 2 aromatic carbocycles. The molecule has 0 saturated carbocycles. The summed E-state index contributed by atoms with van der Waals surface area (Å²) in [4.78, 5) is 40.2. The quantitative estimate of drug-likeness (QED) is 0.462. The van der Waals surface area contributed by atoms with E-state index in [2.05, 4.69) is 26.7 Å². The van der Waals surface area contributed by atoms with E-state index in [4.69, 9.17) is 4.74 Å². The lowest BCUT2D eigenvalue weighted by atomic mass is 10.1. The van der Waals surface area contributed by atoms with Gasteiger partial charge < -0.3 is 15.0 Å². The lowest BCUT2D eigenvalue weighted by Gasteiger charge is -2.28. The standard InChI is InChI=1S/C24H23BrN4O4S/c1-16-13-18(7-8-19(16)28-11-12-33-15-22(28)30)26-24(32)29(14-17-5-3-2-4-6-17)27-23(31)20-9-10-21(25)34-20/h2-10,13H,11-12,14-15H2,1H3,(H,26,32)(H,27,31). The number of urea groups is 1. The van der Waals surface area contributed by atoms with Crippen LogP contribution in [-0.4, -0.2) is 42.6 Å². The highest BCUT2D eigenvalue weighted by atomic mass is 79.9. The second-order valence-electron chi connectivity index (χ2n) is 7.65. The Kier molecular flexibility index (Phi) is 7.61. The number of benzene rings is 2. The van der Waals surface area contributed by atoms with Crippen molar-refractivity contribution in [3.63, 3.8) is 0 Å². The lowest BCUT2D eigenvalue weighted by Crippen LogP contribution is -2.47. The normalized spacial score (nSPS) is 13.5.